The highest BCUT2D eigenvalue weighted by atomic mass is 19.1. The molecule has 1 aromatic heterocycles. The lowest BCUT2D eigenvalue weighted by Crippen LogP contribution is -2.33. The summed E-state index contributed by atoms with van der Waals surface area (Å²) < 4.78 is 20.9. The predicted octanol–water partition coefficient (Wildman–Crippen LogP) is 3.51. The number of aromatic nitrogens is 1. The van der Waals surface area contributed by atoms with Crippen LogP contribution < -0.4 is 5.32 Å². The van der Waals surface area contributed by atoms with Crippen molar-refractivity contribution in [3.8, 4) is 0 Å². The molecule has 1 heterocycles. The highest BCUT2D eigenvalue weighted by Gasteiger charge is 2.18. The summed E-state index contributed by atoms with van der Waals surface area (Å²) in [7, 11) is 0. The molecular weight excluding hydrogens is 347 g/mol. The molecule has 5 nitrogen and oxygen atoms in total. The maximum absolute atomic E-state index is 14.1. The Balaban J connectivity index is 1.89. The van der Waals surface area contributed by atoms with E-state index in [1.807, 2.05) is 24.3 Å². The van der Waals surface area contributed by atoms with Gasteiger partial charge in [-0.1, -0.05) is 36.4 Å². The Morgan fingerprint density at radius 2 is 1.81 bits per heavy atom. The smallest absolute Gasteiger partial charge is 0.325 e. The fourth-order valence-electron chi connectivity index (χ4n) is 2.91. The Labute approximate surface area is 156 Å². The van der Waals surface area contributed by atoms with Gasteiger partial charge in [-0.05, 0) is 32.0 Å². The summed E-state index contributed by atoms with van der Waals surface area (Å²) in [5, 5.41) is 3.44. The second-order valence-corrected chi connectivity index (χ2v) is 6.49. The summed E-state index contributed by atoms with van der Waals surface area (Å²) in [5.41, 5.74) is 1.65. The van der Waals surface area contributed by atoms with Gasteiger partial charge in [-0.3, -0.25) is 9.59 Å². The van der Waals surface area contributed by atoms with E-state index < -0.39 is 11.9 Å². The average Bonchev–Trinajstić information content (AvgIpc) is 3.00. The molecule has 0 saturated heterocycles. The summed E-state index contributed by atoms with van der Waals surface area (Å²) in [6.07, 6.45) is -0.248. The van der Waals surface area contributed by atoms with Gasteiger partial charge in [-0.25, -0.2) is 4.39 Å². The molecule has 140 valence electrons. The third-order valence-corrected chi connectivity index (χ3v) is 4.09. The molecule has 6 heteroatoms. The SMILES string of the molecule is CC(C)OC(=O)CNC(=O)c1cc2ccccc2n1Cc1ccccc1F. The third kappa shape index (κ3) is 4.34. The first-order chi connectivity index (χ1) is 13.0. The first kappa shape index (κ1) is 18.6. The van der Waals surface area contributed by atoms with Gasteiger partial charge >= 0.3 is 5.97 Å². The van der Waals surface area contributed by atoms with Crippen LogP contribution in [0.1, 0.15) is 29.9 Å². The molecule has 0 spiro atoms. The van der Waals surface area contributed by atoms with Crippen molar-refractivity contribution < 1.29 is 18.7 Å². The number of halogens is 1. The topological polar surface area (TPSA) is 60.3 Å². The lowest BCUT2D eigenvalue weighted by molar-refractivity contribution is -0.146. The van der Waals surface area contributed by atoms with E-state index in [1.165, 1.54) is 6.07 Å². The minimum Gasteiger partial charge on any atom is -0.462 e. The monoisotopic (exact) mass is 368 g/mol. The number of nitrogens with zero attached hydrogens (tertiary/aromatic N) is 1. The van der Waals surface area contributed by atoms with Gasteiger partial charge in [-0.15, -0.1) is 0 Å². The zero-order valence-corrected chi connectivity index (χ0v) is 15.2. The van der Waals surface area contributed by atoms with Crippen molar-refractivity contribution in [1.29, 1.82) is 0 Å². The van der Waals surface area contributed by atoms with Crippen molar-refractivity contribution in [1.82, 2.24) is 9.88 Å². The van der Waals surface area contributed by atoms with Crippen LogP contribution in [0, 0.1) is 5.82 Å². The molecule has 0 aliphatic carbocycles. The van der Waals surface area contributed by atoms with Gasteiger partial charge < -0.3 is 14.6 Å². The molecule has 1 amide bonds. The second-order valence-electron chi connectivity index (χ2n) is 6.49. The largest absolute Gasteiger partial charge is 0.462 e. The number of benzene rings is 2. The first-order valence-corrected chi connectivity index (χ1v) is 8.75. The molecule has 0 aliphatic heterocycles. The molecule has 0 saturated carbocycles. The predicted molar refractivity (Wildman–Crippen MR) is 101 cm³/mol. The van der Waals surface area contributed by atoms with Gasteiger partial charge in [0.15, 0.2) is 0 Å². The normalized spacial score (nSPS) is 11.0. The van der Waals surface area contributed by atoms with Gasteiger partial charge in [0.1, 0.15) is 18.1 Å². The van der Waals surface area contributed by atoms with E-state index in [4.69, 9.17) is 4.74 Å². The van der Waals surface area contributed by atoms with Crippen LogP contribution in [0.3, 0.4) is 0 Å². The van der Waals surface area contributed by atoms with Gasteiger partial charge in [0.25, 0.3) is 5.91 Å². The van der Waals surface area contributed by atoms with Crippen LogP contribution in [0.5, 0.6) is 0 Å². The summed E-state index contributed by atoms with van der Waals surface area (Å²) in [6, 6.07) is 15.7. The second kappa shape index (κ2) is 8.03. The Kier molecular flexibility index (Phi) is 5.54. The van der Waals surface area contributed by atoms with Crippen LogP contribution in [0.15, 0.2) is 54.6 Å². The molecule has 0 aliphatic rings. The van der Waals surface area contributed by atoms with Gasteiger partial charge in [-0.2, -0.15) is 0 Å². The maximum atomic E-state index is 14.1. The Hall–Kier alpha value is -3.15. The minimum absolute atomic E-state index is 0.208. The highest BCUT2D eigenvalue weighted by Crippen LogP contribution is 2.22. The Morgan fingerprint density at radius 1 is 1.11 bits per heavy atom. The van der Waals surface area contributed by atoms with Crippen molar-refractivity contribution >= 4 is 22.8 Å². The number of amides is 1. The lowest BCUT2D eigenvalue weighted by Gasteiger charge is -2.12. The summed E-state index contributed by atoms with van der Waals surface area (Å²) in [4.78, 5) is 24.4. The molecule has 2 aromatic carbocycles. The standard InChI is InChI=1S/C21H21FN2O3/c1-14(2)27-20(25)12-23-21(26)19-11-15-7-4-6-10-18(15)24(19)13-16-8-3-5-9-17(16)22/h3-11,14H,12-13H2,1-2H3,(H,23,26). The number of nitrogens with one attached hydrogen (secondary N) is 1. The summed E-state index contributed by atoms with van der Waals surface area (Å²) in [6.45, 7) is 3.47. The van der Waals surface area contributed by atoms with E-state index in [2.05, 4.69) is 5.32 Å². The average molecular weight is 368 g/mol. The number of hydrogen-bond acceptors (Lipinski definition) is 3. The van der Waals surface area contributed by atoms with Gasteiger partial charge in [0.05, 0.1) is 12.6 Å². The maximum Gasteiger partial charge on any atom is 0.325 e. The first-order valence-electron chi connectivity index (χ1n) is 8.75. The fourth-order valence-corrected chi connectivity index (χ4v) is 2.91. The number of carbonyl (C=O) groups excluding carboxylic acids is 2. The zero-order chi connectivity index (χ0) is 19.4. The molecule has 0 unspecified atom stereocenters. The number of fused-ring (bicyclic) bond motifs is 1. The van der Waals surface area contributed by atoms with Gasteiger partial charge in [0, 0.05) is 16.5 Å². The number of hydrogen-bond donors (Lipinski definition) is 1. The van der Waals surface area contributed by atoms with Crippen LogP contribution in [-0.4, -0.2) is 29.1 Å². The molecule has 3 rings (SSSR count). The molecule has 27 heavy (non-hydrogen) atoms. The van der Waals surface area contributed by atoms with Crippen LogP contribution in [0.25, 0.3) is 10.9 Å². The van der Waals surface area contributed by atoms with E-state index in [0.29, 0.717) is 11.3 Å². The van der Waals surface area contributed by atoms with Crippen molar-refractivity contribution in [3.63, 3.8) is 0 Å². The molecule has 0 fully saturated rings. The van der Waals surface area contributed by atoms with Crippen molar-refractivity contribution in [2.45, 2.75) is 26.5 Å². The Morgan fingerprint density at radius 3 is 2.56 bits per heavy atom. The molecule has 0 radical (unpaired) electrons. The number of esters is 1. The summed E-state index contributed by atoms with van der Waals surface area (Å²) in [5.74, 6) is -1.25. The molecule has 3 aromatic rings. The minimum atomic E-state index is -0.505. The van der Waals surface area contributed by atoms with Gasteiger partial charge in [0.2, 0.25) is 0 Å². The number of ether oxygens (including phenoxy) is 1. The molecule has 0 bridgehead atoms. The number of rotatable bonds is 6. The van der Waals surface area contributed by atoms with E-state index >= 15 is 0 Å². The third-order valence-electron chi connectivity index (χ3n) is 4.09. The van der Waals surface area contributed by atoms with Crippen LogP contribution >= 0.6 is 0 Å². The van der Waals surface area contributed by atoms with E-state index in [-0.39, 0.29) is 25.0 Å². The molecular formula is C21H21FN2O3. The Bertz CT molecular complexity index is 978. The zero-order valence-electron chi connectivity index (χ0n) is 15.2. The van der Waals surface area contributed by atoms with Crippen LogP contribution in [0.2, 0.25) is 0 Å². The van der Waals surface area contributed by atoms with E-state index in [0.717, 1.165) is 10.9 Å². The highest BCUT2D eigenvalue weighted by molar-refractivity contribution is 5.99. The van der Waals surface area contributed by atoms with Crippen molar-refractivity contribution in [3.05, 3.63) is 71.7 Å². The summed E-state index contributed by atoms with van der Waals surface area (Å²) >= 11 is 0. The molecule has 1 N–H and O–H groups in total. The van der Waals surface area contributed by atoms with E-state index in [1.54, 1.807) is 42.7 Å². The van der Waals surface area contributed by atoms with Crippen molar-refractivity contribution in [2.75, 3.05) is 6.54 Å². The molecule has 0 atom stereocenters. The number of carbonyl (C=O) groups is 2. The quantitative estimate of drug-likeness (QED) is 0.678. The van der Waals surface area contributed by atoms with Crippen LogP contribution in [-0.2, 0) is 16.1 Å². The van der Waals surface area contributed by atoms with Crippen LogP contribution in [0.4, 0.5) is 4.39 Å². The lowest BCUT2D eigenvalue weighted by atomic mass is 10.2. The van der Waals surface area contributed by atoms with Crippen molar-refractivity contribution in [2.24, 2.45) is 0 Å². The van der Waals surface area contributed by atoms with E-state index in [9.17, 15) is 14.0 Å². The number of para-hydroxylation sites is 1. The fraction of sp³-hybridized carbons (Fsp3) is 0.238.